The lowest BCUT2D eigenvalue weighted by molar-refractivity contribution is -0.139. The van der Waals surface area contributed by atoms with E-state index in [2.05, 4.69) is 0 Å². The number of aliphatic carboxylic acids is 1. The molecule has 7 heteroatoms. The highest BCUT2D eigenvalue weighted by atomic mass is 32.2. The molecule has 1 aromatic carbocycles. The number of carboxylic acid groups (broad SMARTS) is 1. The van der Waals surface area contributed by atoms with Crippen LogP contribution in [0.25, 0.3) is 0 Å². The molecule has 1 atom stereocenters. The largest absolute Gasteiger partial charge is 0.480 e. The van der Waals surface area contributed by atoms with Gasteiger partial charge in [0.25, 0.3) is 0 Å². The van der Waals surface area contributed by atoms with E-state index >= 15 is 0 Å². The van der Waals surface area contributed by atoms with Gasteiger partial charge in [0.15, 0.2) is 0 Å². The van der Waals surface area contributed by atoms with E-state index in [1.165, 1.54) is 12.1 Å². The first-order valence-electron chi connectivity index (χ1n) is 6.04. The van der Waals surface area contributed by atoms with Gasteiger partial charge in [0.05, 0.1) is 11.5 Å². The van der Waals surface area contributed by atoms with Gasteiger partial charge in [-0.15, -0.1) is 0 Å². The van der Waals surface area contributed by atoms with Crippen LogP contribution in [0.4, 0.5) is 0 Å². The number of carboxylic acids is 1. The van der Waals surface area contributed by atoms with Gasteiger partial charge in [-0.25, -0.2) is 8.42 Å². The van der Waals surface area contributed by atoms with Crippen molar-refractivity contribution in [3.05, 3.63) is 29.8 Å². The minimum Gasteiger partial charge on any atom is -0.480 e. The molecule has 1 rings (SSSR count). The monoisotopic (exact) mass is 301 g/mol. The van der Waals surface area contributed by atoms with Crippen LogP contribution in [0.2, 0.25) is 0 Å². The maximum absolute atomic E-state index is 12.0. The normalized spacial score (nSPS) is 14.0. The van der Waals surface area contributed by atoms with Crippen LogP contribution in [-0.4, -0.2) is 37.2 Å². The van der Waals surface area contributed by atoms with Crippen molar-refractivity contribution in [3.63, 3.8) is 0 Å². The van der Waals surface area contributed by atoms with E-state index in [-0.39, 0.29) is 10.3 Å². The quantitative estimate of drug-likeness (QED) is 0.743. The molecule has 0 radical (unpaired) electrons. The first-order valence-corrected chi connectivity index (χ1v) is 7.53. The molecule has 3 N–H and O–H groups in total. The van der Waals surface area contributed by atoms with Crippen molar-refractivity contribution in [1.29, 1.82) is 0 Å². The maximum atomic E-state index is 12.0. The van der Waals surface area contributed by atoms with Crippen molar-refractivity contribution in [1.82, 2.24) is 4.72 Å². The third-order valence-corrected chi connectivity index (χ3v) is 4.30. The van der Waals surface area contributed by atoms with Gasteiger partial charge < -0.3 is 10.2 Å². The van der Waals surface area contributed by atoms with Gasteiger partial charge in [-0.2, -0.15) is 4.72 Å². The van der Waals surface area contributed by atoms with E-state index < -0.39 is 28.6 Å². The van der Waals surface area contributed by atoms with Gasteiger partial charge in [-0.1, -0.05) is 32.9 Å². The number of hydrogen-bond donors (Lipinski definition) is 3. The summed E-state index contributed by atoms with van der Waals surface area (Å²) in [6.45, 7) is 5.19. The lowest BCUT2D eigenvalue weighted by atomic mass is 9.87. The molecule has 112 valence electrons. The molecule has 20 heavy (non-hydrogen) atoms. The number of benzene rings is 1. The fraction of sp³-hybridized carbons (Fsp3) is 0.462. The second-order valence-corrected chi connectivity index (χ2v) is 7.18. The Balaban J connectivity index is 3.02. The zero-order chi connectivity index (χ0) is 15.6. The van der Waals surface area contributed by atoms with Crippen LogP contribution in [0.1, 0.15) is 26.3 Å². The second-order valence-electron chi connectivity index (χ2n) is 5.47. The Morgan fingerprint density at radius 1 is 1.25 bits per heavy atom. The third-order valence-electron chi connectivity index (χ3n) is 2.81. The molecule has 0 amide bonds. The molecule has 0 fully saturated rings. The van der Waals surface area contributed by atoms with Crippen molar-refractivity contribution < 1.29 is 23.4 Å². The van der Waals surface area contributed by atoms with E-state index in [0.717, 1.165) is 5.56 Å². The summed E-state index contributed by atoms with van der Waals surface area (Å²) >= 11 is 0. The van der Waals surface area contributed by atoms with Crippen LogP contribution < -0.4 is 4.72 Å². The average Bonchev–Trinajstić information content (AvgIpc) is 2.35. The molecule has 0 bridgehead atoms. The number of rotatable bonds is 5. The van der Waals surface area contributed by atoms with E-state index in [9.17, 15) is 13.2 Å². The molecule has 0 heterocycles. The van der Waals surface area contributed by atoms with Crippen LogP contribution >= 0.6 is 0 Å². The van der Waals surface area contributed by atoms with E-state index in [1.807, 2.05) is 25.5 Å². The SMILES string of the molecule is CC(C)(C)c1ccc(S(=O)(=O)N[C@H](CO)C(=O)O)cc1. The van der Waals surface area contributed by atoms with E-state index in [4.69, 9.17) is 10.2 Å². The summed E-state index contributed by atoms with van der Waals surface area (Å²) in [5.41, 5.74) is 0.859. The summed E-state index contributed by atoms with van der Waals surface area (Å²) in [5.74, 6) is -1.43. The molecule has 0 aromatic heterocycles. The van der Waals surface area contributed by atoms with Gasteiger partial charge in [0.1, 0.15) is 6.04 Å². The Morgan fingerprint density at radius 3 is 2.10 bits per heavy atom. The minimum absolute atomic E-state index is 0.0369. The Morgan fingerprint density at radius 2 is 1.75 bits per heavy atom. The lowest BCUT2D eigenvalue weighted by Gasteiger charge is -2.19. The first-order chi connectivity index (χ1) is 9.08. The smallest absolute Gasteiger partial charge is 0.324 e. The fourth-order valence-electron chi connectivity index (χ4n) is 1.56. The lowest BCUT2D eigenvalue weighted by Crippen LogP contribution is -2.43. The molecule has 0 saturated carbocycles. The van der Waals surface area contributed by atoms with Crippen molar-refractivity contribution in [2.24, 2.45) is 0 Å². The van der Waals surface area contributed by atoms with Crippen LogP contribution in [-0.2, 0) is 20.2 Å². The highest BCUT2D eigenvalue weighted by Crippen LogP contribution is 2.23. The summed E-state index contributed by atoms with van der Waals surface area (Å²) in [4.78, 5) is 10.7. The van der Waals surface area contributed by atoms with Crippen LogP contribution in [0.5, 0.6) is 0 Å². The number of carbonyl (C=O) groups is 1. The maximum Gasteiger partial charge on any atom is 0.324 e. The predicted octanol–water partition coefficient (Wildman–Crippen LogP) is 0.708. The highest BCUT2D eigenvalue weighted by molar-refractivity contribution is 7.89. The summed E-state index contributed by atoms with van der Waals surface area (Å²) in [5, 5.41) is 17.6. The van der Waals surface area contributed by atoms with E-state index in [1.54, 1.807) is 12.1 Å². The number of hydrogen-bond acceptors (Lipinski definition) is 4. The minimum atomic E-state index is -3.97. The molecule has 0 saturated heterocycles. The van der Waals surface area contributed by atoms with E-state index in [0.29, 0.717) is 0 Å². The van der Waals surface area contributed by atoms with Gasteiger partial charge in [-0.05, 0) is 23.1 Å². The molecule has 0 spiro atoms. The Bertz CT molecular complexity index is 572. The molecule has 6 nitrogen and oxygen atoms in total. The number of aliphatic hydroxyl groups is 1. The summed E-state index contributed by atoms with van der Waals surface area (Å²) in [7, 11) is -3.97. The Hall–Kier alpha value is -1.44. The predicted molar refractivity (Wildman–Crippen MR) is 74.0 cm³/mol. The summed E-state index contributed by atoms with van der Waals surface area (Å²) < 4.78 is 25.9. The number of aliphatic hydroxyl groups excluding tert-OH is 1. The van der Waals surface area contributed by atoms with Crippen molar-refractivity contribution in [2.75, 3.05) is 6.61 Å². The van der Waals surface area contributed by atoms with Crippen molar-refractivity contribution in [3.8, 4) is 0 Å². The third kappa shape index (κ3) is 4.03. The second kappa shape index (κ2) is 5.90. The first kappa shape index (κ1) is 16.6. The van der Waals surface area contributed by atoms with Gasteiger partial charge >= 0.3 is 5.97 Å². The van der Waals surface area contributed by atoms with Crippen molar-refractivity contribution in [2.45, 2.75) is 37.1 Å². The molecule has 0 aliphatic carbocycles. The van der Waals surface area contributed by atoms with Crippen molar-refractivity contribution >= 4 is 16.0 Å². The molecule has 0 unspecified atom stereocenters. The topological polar surface area (TPSA) is 104 Å². The Kier molecular flexibility index (Phi) is 4.90. The zero-order valence-electron chi connectivity index (χ0n) is 11.6. The molecule has 0 aliphatic heterocycles. The van der Waals surface area contributed by atoms with Crippen LogP contribution in [0.15, 0.2) is 29.2 Å². The molecule has 0 aliphatic rings. The summed E-state index contributed by atoms with van der Waals surface area (Å²) in [6, 6.07) is 4.65. The number of nitrogens with one attached hydrogen (secondary N) is 1. The van der Waals surface area contributed by atoms with Gasteiger partial charge in [0.2, 0.25) is 10.0 Å². The number of sulfonamides is 1. The van der Waals surface area contributed by atoms with Crippen LogP contribution in [0.3, 0.4) is 0 Å². The fourth-order valence-corrected chi connectivity index (χ4v) is 2.74. The van der Waals surface area contributed by atoms with Gasteiger partial charge in [0, 0.05) is 0 Å². The average molecular weight is 301 g/mol. The molecular formula is C13H19NO5S. The molecule has 1 aromatic rings. The molecular weight excluding hydrogens is 282 g/mol. The Labute approximate surface area is 118 Å². The van der Waals surface area contributed by atoms with Gasteiger partial charge in [-0.3, -0.25) is 4.79 Å². The van der Waals surface area contributed by atoms with Crippen LogP contribution in [0, 0.1) is 0 Å². The highest BCUT2D eigenvalue weighted by Gasteiger charge is 2.25. The zero-order valence-corrected chi connectivity index (χ0v) is 12.4. The summed E-state index contributed by atoms with van der Waals surface area (Å²) in [6.07, 6.45) is 0. The standard InChI is InChI=1S/C13H19NO5S/c1-13(2,3)9-4-6-10(7-5-9)20(18,19)14-11(8-15)12(16)17/h4-7,11,14-15H,8H2,1-3H3,(H,16,17)/t11-/m1/s1.